The summed E-state index contributed by atoms with van der Waals surface area (Å²) in [5, 5.41) is 12.3. The van der Waals surface area contributed by atoms with Crippen LogP contribution in [0, 0.1) is 11.7 Å². The smallest absolute Gasteiger partial charge is 0.225 e. The molecule has 1 aliphatic rings. The van der Waals surface area contributed by atoms with Crippen molar-refractivity contribution < 1.29 is 13.9 Å². The van der Waals surface area contributed by atoms with E-state index in [0.29, 0.717) is 12.2 Å². The molecule has 1 aromatic carbocycles. The molecule has 9 heteroatoms. The molecule has 1 saturated heterocycles. The van der Waals surface area contributed by atoms with E-state index in [1.165, 1.54) is 6.07 Å². The summed E-state index contributed by atoms with van der Waals surface area (Å²) >= 11 is 0. The van der Waals surface area contributed by atoms with Crippen LogP contribution in [0.2, 0.25) is 0 Å². The van der Waals surface area contributed by atoms with Crippen molar-refractivity contribution >= 4 is 17.4 Å². The van der Waals surface area contributed by atoms with Gasteiger partial charge in [0.25, 0.3) is 0 Å². The molecule has 0 radical (unpaired) electrons. The van der Waals surface area contributed by atoms with Crippen LogP contribution in [0.5, 0.6) is 5.75 Å². The number of fused-ring (bicyclic) bond motifs is 1. The van der Waals surface area contributed by atoms with Gasteiger partial charge in [-0.3, -0.25) is 4.79 Å². The third-order valence-electron chi connectivity index (χ3n) is 5.21. The molecule has 0 atom stereocenters. The van der Waals surface area contributed by atoms with E-state index in [-0.39, 0.29) is 24.2 Å². The van der Waals surface area contributed by atoms with Gasteiger partial charge < -0.3 is 14.5 Å². The zero-order chi connectivity index (χ0) is 20.2. The second-order valence-electron chi connectivity index (χ2n) is 7.13. The standard InChI is InChI=1S/C20H23FN6O2/c1-25(12-13-29-17-5-3-2-4-16(17)21)20(28)15-8-10-26(11-9-15)19-7-6-18-23-22-14-27(18)24-19/h2-7,14-15H,8-13H2,1H3. The number of benzene rings is 1. The number of piperidine rings is 1. The molecule has 0 N–H and O–H groups in total. The molecule has 4 rings (SSSR count). The summed E-state index contributed by atoms with van der Waals surface area (Å²) in [5.74, 6) is 0.744. The lowest BCUT2D eigenvalue weighted by molar-refractivity contribution is -0.135. The molecular weight excluding hydrogens is 375 g/mol. The van der Waals surface area contributed by atoms with Crippen LogP contribution >= 0.6 is 0 Å². The highest BCUT2D eigenvalue weighted by Gasteiger charge is 2.28. The zero-order valence-corrected chi connectivity index (χ0v) is 16.2. The number of hydrogen-bond acceptors (Lipinski definition) is 6. The Morgan fingerprint density at radius 2 is 2.03 bits per heavy atom. The minimum absolute atomic E-state index is 0.0247. The van der Waals surface area contributed by atoms with Gasteiger partial charge >= 0.3 is 0 Å². The van der Waals surface area contributed by atoms with Gasteiger partial charge in [-0.05, 0) is 37.1 Å². The van der Waals surface area contributed by atoms with E-state index in [1.807, 2.05) is 12.1 Å². The second-order valence-corrected chi connectivity index (χ2v) is 7.13. The average Bonchev–Trinajstić information content (AvgIpc) is 3.22. The number of para-hydroxylation sites is 1. The van der Waals surface area contributed by atoms with Crippen LogP contribution in [-0.2, 0) is 4.79 Å². The Balaban J connectivity index is 1.26. The number of rotatable bonds is 6. The van der Waals surface area contributed by atoms with Gasteiger partial charge in [-0.15, -0.1) is 15.3 Å². The first-order valence-electron chi connectivity index (χ1n) is 9.66. The summed E-state index contributed by atoms with van der Waals surface area (Å²) in [6.45, 7) is 2.19. The first-order valence-corrected chi connectivity index (χ1v) is 9.66. The Kier molecular flexibility index (Phi) is 5.55. The van der Waals surface area contributed by atoms with Crippen LogP contribution < -0.4 is 9.64 Å². The van der Waals surface area contributed by atoms with Crippen LogP contribution in [-0.4, -0.2) is 63.9 Å². The van der Waals surface area contributed by atoms with Crippen LogP contribution in [0.15, 0.2) is 42.7 Å². The van der Waals surface area contributed by atoms with E-state index in [9.17, 15) is 9.18 Å². The third kappa shape index (κ3) is 4.28. The van der Waals surface area contributed by atoms with Gasteiger partial charge in [-0.25, -0.2) is 4.39 Å². The largest absolute Gasteiger partial charge is 0.489 e. The van der Waals surface area contributed by atoms with Gasteiger partial charge in [0.2, 0.25) is 5.91 Å². The topological polar surface area (TPSA) is 75.9 Å². The molecule has 8 nitrogen and oxygen atoms in total. The number of carbonyl (C=O) groups is 1. The molecule has 3 aromatic rings. The van der Waals surface area contributed by atoms with Crippen molar-refractivity contribution in [3.8, 4) is 5.75 Å². The number of nitrogens with zero attached hydrogens (tertiary/aromatic N) is 6. The number of halogens is 1. The van der Waals surface area contributed by atoms with Crippen molar-refractivity contribution in [2.75, 3.05) is 38.2 Å². The summed E-state index contributed by atoms with van der Waals surface area (Å²) in [5.41, 5.74) is 0.707. The summed E-state index contributed by atoms with van der Waals surface area (Å²) < 4.78 is 20.7. The van der Waals surface area contributed by atoms with Gasteiger partial charge in [-0.1, -0.05) is 12.1 Å². The number of likely N-dealkylation sites (N-methyl/N-ethyl adjacent to an activating group) is 1. The lowest BCUT2D eigenvalue weighted by atomic mass is 9.95. The molecule has 1 fully saturated rings. The number of ether oxygens (including phenoxy) is 1. The molecule has 152 valence electrons. The highest BCUT2D eigenvalue weighted by Crippen LogP contribution is 2.23. The molecule has 0 aliphatic carbocycles. The van der Waals surface area contributed by atoms with E-state index in [4.69, 9.17) is 4.74 Å². The fourth-order valence-electron chi connectivity index (χ4n) is 3.52. The number of carbonyl (C=O) groups excluding carboxylic acids is 1. The van der Waals surface area contributed by atoms with Gasteiger partial charge in [0.1, 0.15) is 18.8 Å². The lowest BCUT2D eigenvalue weighted by Gasteiger charge is -2.33. The summed E-state index contributed by atoms with van der Waals surface area (Å²) in [4.78, 5) is 16.6. The van der Waals surface area contributed by atoms with Crippen LogP contribution in [0.3, 0.4) is 0 Å². The average molecular weight is 398 g/mol. The highest BCUT2D eigenvalue weighted by atomic mass is 19.1. The monoisotopic (exact) mass is 398 g/mol. The Morgan fingerprint density at radius 1 is 1.24 bits per heavy atom. The molecule has 1 amide bonds. The Labute approximate surface area is 167 Å². The van der Waals surface area contributed by atoms with Gasteiger partial charge in [0, 0.05) is 26.1 Å². The molecule has 3 heterocycles. The molecule has 2 aromatic heterocycles. The highest BCUT2D eigenvalue weighted by molar-refractivity contribution is 5.79. The van der Waals surface area contributed by atoms with Crippen molar-refractivity contribution in [3.63, 3.8) is 0 Å². The van der Waals surface area contributed by atoms with Crippen molar-refractivity contribution in [2.45, 2.75) is 12.8 Å². The summed E-state index contributed by atoms with van der Waals surface area (Å²) in [6.07, 6.45) is 3.10. The molecule has 0 saturated carbocycles. The van der Waals surface area contributed by atoms with Crippen molar-refractivity contribution in [1.29, 1.82) is 0 Å². The molecule has 0 bridgehead atoms. The normalized spacial score (nSPS) is 14.9. The van der Waals surface area contributed by atoms with E-state index in [0.717, 1.165) is 31.7 Å². The van der Waals surface area contributed by atoms with Crippen molar-refractivity contribution in [3.05, 3.63) is 48.5 Å². The number of amides is 1. The van der Waals surface area contributed by atoms with Crippen LogP contribution in [0.1, 0.15) is 12.8 Å². The maximum Gasteiger partial charge on any atom is 0.225 e. The maximum absolute atomic E-state index is 13.6. The lowest BCUT2D eigenvalue weighted by Crippen LogP contribution is -2.42. The predicted octanol–water partition coefficient (Wildman–Crippen LogP) is 2.02. The second kappa shape index (κ2) is 8.42. The van der Waals surface area contributed by atoms with Gasteiger partial charge in [-0.2, -0.15) is 4.52 Å². The maximum atomic E-state index is 13.6. The molecule has 0 unspecified atom stereocenters. The first-order chi connectivity index (χ1) is 14.1. The number of anilines is 1. The molecular formula is C20H23FN6O2. The molecule has 0 spiro atoms. The Morgan fingerprint density at radius 3 is 2.83 bits per heavy atom. The Bertz CT molecular complexity index is 986. The summed E-state index contributed by atoms with van der Waals surface area (Å²) in [6, 6.07) is 10.1. The predicted molar refractivity (Wildman–Crippen MR) is 105 cm³/mol. The van der Waals surface area contributed by atoms with E-state index >= 15 is 0 Å². The van der Waals surface area contributed by atoms with E-state index in [1.54, 1.807) is 41.0 Å². The van der Waals surface area contributed by atoms with Crippen molar-refractivity contribution in [2.24, 2.45) is 5.92 Å². The van der Waals surface area contributed by atoms with Crippen LogP contribution in [0.4, 0.5) is 10.2 Å². The third-order valence-corrected chi connectivity index (χ3v) is 5.21. The fourth-order valence-corrected chi connectivity index (χ4v) is 3.52. The fraction of sp³-hybridized carbons (Fsp3) is 0.400. The number of aromatic nitrogens is 4. The number of hydrogen-bond donors (Lipinski definition) is 0. The Hall–Kier alpha value is -3.23. The van der Waals surface area contributed by atoms with E-state index < -0.39 is 5.82 Å². The van der Waals surface area contributed by atoms with Crippen LogP contribution in [0.25, 0.3) is 5.65 Å². The molecule has 1 aliphatic heterocycles. The quantitative estimate of drug-likeness (QED) is 0.632. The van der Waals surface area contributed by atoms with Crippen molar-refractivity contribution in [1.82, 2.24) is 24.7 Å². The minimum Gasteiger partial charge on any atom is -0.489 e. The minimum atomic E-state index is -0.396. The van der Waals surface area contributed by atoms with E-state index in [2.05, 4.69) is 20.2 Å². The first kappa shape index (κ1) is 19.1. The molecule has 29 heavy (non-hydrogen) atoms. The SMILES string of the molecule is CN(CCOc1ccccc1F)C(=O)C1CCN(c2ccc3nncn3n2)CC1. The zero-order valence-electron chi connectivity index (χ0n) is 16.2. The van der Waals surface area contributed by atoms with Gasteiger partial charge in [0.05, 0.1) is 6.54 Å². The van der Waals surface area contributed by atoms with Gasteiger partial charge in [0.15, 0.2) is 17.2 Å². The summed E-state index contributed by atoms with van der Waals surface area (Å²) in [7, 11) is 1.76.